The van der Waals surface area contributed by atoms with Crippen LogP contribution < -0.4 is 22.9 Å². The molecule has 2 saturated carbocycles. The fourth-order valence-corrected chi connectivity index (χ4v) is 7.05. The van der Waals surface area contributed by atoms with Gasteiger partial charge in [-0.05, 0) is 72.6 Å². The zero-order valence-electron chi connectivity index (χ0n) is 17.6. The predicted molar refractivity (Wildman–Crippen MR) is 117 cm³/mol. The summed E-state index contributed by atoms with van der Waals surface area (Å²) in [4.78, 5) is 50.0. The standard InChI is InChI=1S/C24H26N4O4/c25-19(29)17-15(11-5-7-23(17,9-11)21(27)31)13-3-1-2-4-14(13)16-12-6-8-24(10-12,22(28)32)18(16)20(26)30/h1-4,11-12H,5-10H2,(H2,25,29)(H2,26,30)(H2,27,31)(H2,28,32). The van der Waals surface area contributed by atoms with Crippen LogP contribution in [0.1, 0.15) is 49.7 Å². The van der Waals surface area contributed by atoms with Crippen LogP contribution in [0, 0.1) is 22.7 Å². The minimum atomic E-state index is -1.05. The van der Waals surface area contributed by atoms with Crippen molar-refractivity contribution >= 4 is 34.8 Å². The number of primary amides is 4. The summed E-state index contributed by atoms with van der Waals surface area (Å²) in [5.74, 6) is -2.44. The van der Waals surface area contributed by atoms with Crippen LogP contribution in [0.25, 0.3) is 11.1 Å². The van der Waals surface area contributed by atoms with Gasteiger partial charge in [-0.3, -0.25) is 19.2 Å². The highest BCUT2D eigenvalue weighted by Gasteiger charge is 2.59. The van der Waals surface area contributed by atoms with Crippen LogP contribution in [0.5, 0.6) is 0 Å². The van der Waals surface area contributed by atoms with E-state index < -0.39 is 34.5 Å². The Morgan fingerprint density at radius 1 is 0.688 bits per heavy atom. The van der Waals surface area contributed by atoms with Crippen LogP contribution in [0.3, 0.4) is 0 Å². The van der Waals surface area contributed by atoms with E-state index in [0.29, 0.717) is 25.7 Å². The third-order valence-corrected chi connectivity index (χ3v) is 8.28. The second kappa shape index (κ2) is 6.54. The first-order chi connectivity index (χ1) is 15.1. The van der Waals surface area contributed by atoms with Crippen molar-refractivity contribution in [2.75, 3.05) is 0 Å². The second-order valence-electron chi connectivity index (χ2n) is 9.62. The van der Waals surface area contributed by atoms with Crippen molar-refractivity contribution in [3.8, 4) is 0 Å². The van der Waals surface area contributed by atoms with Crippen LogP contribution in [-0.2, 0) is 19.2 Å². The highest BCUT2D eigenvalue weighted by atomic mass is 16.2. The summed E-state index contributed by atoms with van der Waals surface area (Å²) in [6.45, 7) is 0. The minimum absolute atomic E-state index is 0.0348. The Balaban J connectivity index is 1.79. The molecule has 4 bridgehead atoms. The van der Waals surface area contributed by atoms with E-state index in [4.69, 9.17) is 22.9 Å². The molecule has 166 valence electrons. The fraction of sp³-hybridized carbons (Fsp3) is 0.417. The van der Waals surface area contributed by atoms with Crippen LogP contribution in [0.2, 0.25) is 0 Å². The molecule has 0 heterocycles. The number of benzene rings is 1. The Bertz CT molecular complexity index is 1090. The van der Waals surface area contributed by atoms with Crippen molar-refractivity contribution in [2.45, 2.75) is 38.5 Å². The van der Waals surface area contributed by atoms with E-state index in [-0.39, 0.29) is 23.0 Å². The Morgan fingerprint density at radius 3 is 1.38 bits per heavy atom. The molecule has 0 aliphatic heterocycles. The van der Waals surface area contributed by atoms with Gasteiger partial charge in [0.1, 0.15) is 0 Å². The first-order valence-electron chi connectivity index (χ1n) is 10.9. The Morgan fingerprint density at radius 2 is 1.06 bits per heavy atom. The number of rotatable bonds is 6. The molecule has 32 heavy (non-hydrogen) atoms. The number of nitrogens with two attached hydrogens (primary N) is 4. The van der Waals surface area contributed by atoms with Gasteiger partial charge in [0.25, 0.3) is 0 Å². The normalized spacial score (nSPS) is 32.6. The number of hydrogen-bond acceptors (Lipinski definition) is 4. The molecule has 0 aromatic heterocycles. The van der Waals surface area contributed by atoms with E-state index in [9.17, 15) is 19.2 Å². The lowest BCUT2D eigenvalue weighted by atomic mass is 9.73. The van der Waals surface area contributed by atoms with Gasteiger partial charge in [-0.1, -0.05) is 24.3 Å². The van der Waals surface area contributed by atoms with E-state index in [1.54, 1.807) is 0 Å². The van der Waals surface area contributed by atoms with E-state index in [0.717, 1.165) is 35.1 Å². The van der Waals surface area contributed by atoms with Crippen LogP contribution >= 0.6 is 0 Å². The molecular weight excluding hydrogens is 408 g/mol. The quantitative estimate of drug-likeness (QED) is 0.517. The Labute approximate surface area is 185 Å². The zero-order chi connectivity index (χ0) is 23.0. The van der Waals surface area contributed by atoms with E-state index in [2.05, 4.69) is 0 Å². The molecule has 0 saturated heterocycles. The molecule has 0 radical (unpaired) electrons. The second-order valence-corrected chi connectivity index (χ2v) is 9.62. The van der Waals surface area contributed by atoms with Crippen molar-refractivity contribution in [3.05, 3.63) is 46.5 Å². The largest absolute Gasteiger partial charge is 0.369 e. The number of fused-ring (bicyclic) bond motifs is 4. The van der Waals surface area contributed by atoms with Gasteiger partial charge in [0.05, 0.1) is 10.8 Å². The molecule has 4 aliphatic rings. The Kier molecular flexibility index (Phi) is 4.19. The van der Waals surface area contributed by atoms with Crippen LogP contribution in [0.15, 0.2) is 35.4 Å². The average molecular weight is 434 g/mol. The maximum atomic E-state index is 12.6. The lowest BCUT2D eigenvalue weighted by molar-refractivity contribution is -0.128. The van der Waals surface area contributed by atoms with E-state index >= 15 is 0 Å². The molecule has 1 aromatic carbocycles. The van der Waals surface area contributed by atoms with Crippen LogP contribution in [0.4, 0.5) is 0 Å². The zero-order valence-corrected chi connectivity index (χ0v) is 17.6. The molecule has 4 unspecified atom stereocenters. The monoisotopic (exact) mass is 434 g/mol. The number of amides is 4. The van der Waals surface area contributed by atoms with Gasteiger partial charge in [-0.2, -0.15) is 0 Å². The van der Waals surface area contributed by atoms with Gasteiger partial charge >= 0.3 is 0 Å². The van der Waals surface area contributed by atoms with Gasteiger partial charge < -0.3 is 22.9 Å². The first kappa shape index (κ1) is 20.5. The first-order valence-corrected chi connectivity index (χ1v) is 10.9. The van der Waals surface area contributed by atoms with Crippen molar-refractivity contribution < 1.29 is 19.2 Å². The van der Waals surface area contributed by atoms with E-state index in [1.807, 2.05) is 24.3 Å². The number of allylic oxidation sites excluding steroid dienone is 2. The minimum Gasteiger partial charge on any atom is -0.369 e. The van der Waals surface area contributed by atoms with Gasteiger partial charge in [0, 0.05) is 11.1 Å². The maximum Gasteiger partial charge on any atom is 0.246 e. The average Bonchev–Trinajstić information content (AvgIpc) is 3.50. The van der Waals surface area contributed by atoms with Gasteiger partial charge in [-0.15, -0.1) is 0 Å². The maximum absolute atomic E-state index is 12.6. The third-order valence-electron chi connectivity index (χ3n) is 8.28. The molecule has 8 heteroatoms. The van der Waals surface area contributed by atoms with E-state index in [1.165, 1.54) is 0 Å². The topological polar surface area (TPSA) is 172 Å². The molecular formula is C24H26N4O4. The molecule has 2 fully saturated rings. The highest BCUT2D eigenvalue weighted by Crippen LogP contribution is 2.63. The lowest BCUT2D eigenvalue weighted by Crippen LogP contribution is -2.40. The van der Waals surface area contributed by atoms with Crippen molar-refractivity contribution in [2.24, 2.45) is 45.6 Å². The number of carbonyl (C=O) groups excluding carboxylic acids is 4. The molecule has 4 atom stereocenters. The molecule has 4 amide bonds. The molecule has 4 aliphatic carbocycles. The molecule has 8 nitrogen and oxygen atoms in total. The fourth-order valence-electron chi connectivity index (χ4n) is 7.05. The third kappa shape index (κ3) is 2.37. The molecule has 5 rings (SSSR count). The SMILES string of the molecule is NC(=O)C1=C(c2ccccc2C2=C(C(N)=O)C3(C(N)=O)CCC2C3)C2CCC1(C(N)=O)C2. The summed E-state index contributed by atoms with van der Waals surface area (Å²) in [5.41, 5.74) is 24.5. The Hall–Kier alpha value is -3.42. The summed E-state index contributed by atoms with van der Waals surface area (Å²) < 4.78 is 0. The molecule has 1 aromatic rings. The summed E-state index contributed by atoms with van der Waals surface area (Å²) in [7, 11) is 0. The molecule has 0 spiro atoms. The number of carbonyl (C=O) groups is 4. The summed E-state index contributed by atoms with van der Waals surface area (Å²) in [6, 6.07) is 7.43. The highest BCUT2D eigenvalue weighted by molar-refractivity contribution is 6.13. The summed E-state index contributed by atoms with van der Waals surface area (Å²) in [5, 5.41) is 0. The molecule has 8 N–H and O–H groups in total. The summed E-state index contributed by atoms with van der Waals surface area (Å²) >= 11 is 0. The van der Waals surface area contributed by atoms with Gasteiger partial charge in [0.2, 0.25) is 23.6 Å². The van der Waals surface area contributed by atoms with Gasteiger partial charge in [-0.25, -0.2) is 0 Å². The van der Waals surface area contributed by atoms with Crippen molar-refractivity contribution in [1.29, 1.82) is 0 Å². The lowest BCUT2D eigenvalue weighted by Gasteiger charge is -2.29. The number of hydrogen-bond donors (Lipinski definition) is 4. The van der Waals surface area contributed by atoms with Crippen molar-refractivity contribution in [3.63, 3.8) is 0 Å². The predicted octanol–water partition coefficient (Wildman–Crippen LogP) is 0.735. The van der Waals surface area contributed by atoms with Gasteiger partial charge in [0.15, 0.2) is 0 Å². The van der Waals surface area contributed by atoms with Crippen molar-refractivity contribution in [1.82, 2.24) is 0 Å². The smallest absolute Gasteiger partial charge is 0.246 e. The van der Waals surface area contributed by atoms with Crippen LogP contribution in [-0.4, -0.2) is 23.6 Å². The summed E-state index contributed by atoms with van der Waals surface area (Å²) in [6.07, 6.45) is 3.36.